The standard InChI is InChI=1S/C14H16FNS/c1-3-12-5-6-13(17-12)9-16-11-4-7-14(15)10(2)8-11/h4-8,16H,3,9H2,1-2H3. The van der Waals surface area contributed by atoms with Crippen molar-refractivity contribution in [3.05, 3.63) is 51.5 Å². The summed E-state index contributed by atoms with van der Waals surface area (Å²) >= 11 is 1.82. The van der Waals surface area contributed by atoms with Gasteiger partial charge in [0, 0.05) is 22.0 Å². The predicted molar refractivity (Wildman–Crippen MR) is 72.2 cm³/mol. The summed E-state index contributed by atoms with van der Waals surface area (Å²) in [6.07, 6.45) is 1.08. The molecule has 1 nitrogen and oxygen atoms in total. The fraction of sp³-hybridized carbons (Fsp3) is 0.286. The molecule has 0 amide bonds. The van der Waals surface area contributed by atoms with Gasteiger partial charge in [-0.25, -0.2) is 4.39 Å². The lowest BCUT2D eigenvalue weighted by Gasteiger charge is -2.06. The fourth-order valence-electron chi connectivity index (χ4n) is 1.65. The van der Waals surface area contributed by atoms with Crippen LogP contribution in [0.25, 0.3) is 0 Å². The monoisotopic (exact) mass is 249 g/mol. The van der Waals surface area contributed by atoms with Crippen molar-refractivity contribution in [3.8, 4) is 0 Å². The van der Waals surface area contributed by atoms with Gasteiger partial charge in [-0.1, -0.05) is 6.92 Å². The maximum absolute atomic E-state index is 13.1. The first-order chi connectivity index (χ1) is 8.19. The Bertz CT molecular complexity index is 505. The van der Waals surface area contributed by atoms with Crippen LogP contribution in [0.15, 0.2) is 30.3 Å². The molecule has 0 fully saturated rings. The Hall–Kier alpha value is -1.35. The summed E-state index contributed by atoms with van der Waals surface area (Å²) in [5, 5.41) is 3.31. The van der Waals surface area contributed by atoms with Gasteiger partial charge in [0.15, 0.2) is 0 Å². The molecule has 1 aromatic heterocycles. The highest BCUT2D eigenvalue weighted by atomic mass is 32.1. The van der Waals surface area contributed by atoms with Crippen LogP contribution in [0.5, 0.6) is 0 Å². The highest BCUT2D eigenvalue weighted by molar-refractivity contribution is 7.12. The molecular weight excluding hydrogens is 233 g/mol. The van der Waals surface area contributed by atoms with Crippen LogP contribution >= 0.6 is 11.3 Å². The Balaban J connectivity index is 1.99. The number of aryl methyl sites for hydroxylation is 2. The quantitative estimate of drug-likeness (QED) is 0.848. The van der Waals surface area contributed by atoms with Crippen molar-refractivity contribution < 1.29 is 4.39 Å². The molecule has 1 heterocycles. The van der Waals surface area contributed by atoms with E-state index in [4.69, 9.17) is 0 Å². The fourth-order valence-corrected chi connectivity index (χ4v) is 2.55. The van der Waals surface area contributed by atoms with Gasteiger partial charge in [0.05, 0.1) is 0 Å². The van der Waals surface area contributed by atoms with Crippen molar-refractivity contribution in [2.24, 2.45) is 0 Å². The smallest absolute Gasteiger partial charge is 0.126 e. The number of rotatable bonds is 4. The number of hydrogen-bond donors (Lipinski definition) is 1. The molecule has 3 heteroatoms. The molecule has 1 aromatic carbocycles. The molecule has 0 aliphatic heterocycles. The van der Waals surface area contributed by atoms with Crippen LogP contribution in [0.4, 0.5) is 10.1 Å². The zero-order valence-corrected chi connectivity index (χ0v) is 10.9. The minimum Gasteiger partial charge on any atom is -0.380 e. The van der Waals surface area contributed by atoms with Crippen LogP contribution in [0.1, 0.15) is 22.2 Å². The summed E-state index contributed by atoms with van der Waals surface area (Å²) in [5.41, 5.74) is 1.64. The van der Waals surface area contributed by atoms with E-state index in [1.807, 2.05) is 17.4 Å². The second-order valence-electron chi connectivity index (χ2n) is 4.04. The van der Waals surface area contributed by atoms with E-state index < -0.39 is 0 Å². The summed E-state index contributed by atoms with van der Waals surface area (Å²) in [6.45, 7) is 4.74. The molecule has 0 atom stereocenters. The molecule has 1 N–H and O–H groups in total. The number of nitrogens with one attached hydrogen (secondary N) is 1. The third-order valence-electron chi connectivity index (χ3n) is 2.69. The van der Waals surface area contributed by atoms with Gasteiger partial charge in [-0.15, -0.1) is 11.3 Å². The number of thiophene rings is 1. The van der Waals surface area contributed by atoms with E-state index in [0.29, 0.717) is 5.56 Å². The van der Waals surface area contributed by atoms with Crippen molar-refractivity contribution in [2.75, 3.05) is 5.32 Å². The van der Waals surface area contributed by atoms with Crippen LogP contribution < -0.4 is 5.32 Å². The van der Waals surface area contributed by atoms with E-state index in [1.54, 1.807) is 13.0 Å². The zero-order chi connectivity index (χ0) is 12.3. The second-order valence-corrected chi connectivity index (χ2v) is 5.29. The minimum absolute atomic E-state index is 0.153. The summed E-state index contributed by atoms with van der Waals surface area (Å²) in [4.78, 5) is 2.71. The molecule has 0 saturated carbocycles. The number of halogens is 1. The Morgan fingerprint density at radius 1 is 1.18 bits per heavy atom. The van der Waals surface area contributed by atoms with Crippen molar-refractivity contribution >= 4 is 17.0 Å². The minimum atomic E-state index is -0.153. The summed E-state index contributed by atoms with van der Waals surface area (Å²) in [6, 6.07) is 9.42. The van der Waals surface area contributed by atoms with Crippen molar-refractivity contribution in [3.63, 3.8) is 0 Å². The summed E-state index contributed by atoms with van der Waals surface area (Å²) in [5.74, 6) is -0.153. The summed E-state index contributed by atoms with van der Waals surface area (Å²) in [7, 11) is 0. The van der Waals surface area contributed by atoms with E-state index in [9.17, 15) is 4.39 Å². The van der Waals surface area contributed by atoms with E-state index in [-0.39, 0.29) is 5.82 Å². The Morgan fingerprint density at radius 2 is 1.94 bits per heavy atom. The molecule has 17 heavy (non-hydrogen) atoms. The summed E-state index contributed by atoms with van der Waals surface area (Å²) < 4.78 is 13.1. The molecule has 0 spiro atoms. The highest BCUT2D eigenvalue weighted by Crippen LogP contribution is 2.19. The van der Waals surface area contributed by atoms with Gasteiger partial charge >= 0.3 is 0 Å². The van der Waals surface area contributed by atoms with Crippen LogP contribution in [0, 0.1) is 12.7 Å². The van der Waals surface area contributed by atoms with E-state index in [1.165, 1.54) is 15.8 Å². The molecule has 0 saturated heterocycles. The van der Waals surface area contributed by atoms with E-state index in [2.05, 4.69) is 24.4 Å². The maximum Gasteiger partial charge on any atom is 0.126 e. The normalized spacial score (nSPS) is 10.5. The number of anilines is 1. The lowest BCUT2D eigenvalue weighted by atomic mass is 10.2. The van der Waals surface area contributed by atoms with Crippen LogP contribution in [-0.4, -0.2) is 0 Å². The molecule has 2 aromatic rings. The molecule has 2 rings (SSSR count). The van der Waals surface area contributed by atoms with Gasteiger partial charge in [-0.2, -0.15) is 0 Å². The number of hydrogen-bond acceptors (Lipinski definition) is 2. The molecule has 0 unspecified atom stereocenters. The average Bonchev–Trinajstić information content (AvgIpc) is 2.79. The Labute approximate surface area is 105 Å². The molecule has 0 radical (unpaired) electrons. The van der Waals surface area contributed by atoms with E-state index in [0.717, 1.165) is 18.7 Å². The highest BCUT2D eigenvalue weighted by Gasteiger charge is 2.01. The van der Waals surface area contributed by atoms with Gasteiger partial charge < -0.3 is 5.32 Å². The average molecular weight is 249 g/mol. The van der Waals surface area contributed by atoms with Crippen LogP contribution in [-0.2, 0) is 13.0 Å². The largest absolute Gasteiger partial charge is 0.380 e. The predicted octanol–water partition coefficient (Wildman–Crippen LogP) is 4.37. The lowest BCUT2D eigenvalue weighted by molar-refractivity contribution is 0.618. The first-order valence-electron chi connectivity index (χ1n) is 5.76. The molecule has 90 valence electrons. The topological polar surface area (TPSA) is 12.0 Å². The van der Waals surface area contributed by atoms with Gasteiger partial charge in [0.1, 0.15) is 5.82 Å². The molecule has 0 bridgehead atoms. The molecule has 0 aliphatic rings. The third-order valence-corrected chi connectivity index (χ3v) is 3.92. The Morgan fingerprint density at radius 3 is 2.59 bits per heavy atom. The third kappa shape index (κ3) is 3.07. The van der Waals surface area contributed by atoms with Gasteiger partial charge in [-0.3, -0.25) is 0 Å². The van der Waals surface area contributed by atoms with Crippen molar-refractivity contribution in [1.82, 2.24) is 0 Å². The van der Waals surface area contributed by atoms with E-state index >= 15 is 0 Å². The van der Waals surface area contributed by atoms with Gasteiger partial charge in [-0.05, 0) is 49.2 Å². The van der Waals surface area contributed by atoms with Gasteiger partial charge in [0.2, 0.25) is 0 Å². The maximum atomic E-state index is 13.1. The first kappa shape index (κ1) is 12.1. The second kappa shape index (κ2) is 5.32. The zero-order valence-electron chi connectivity index (χ0n) is 10.1. The first-order valence-corrected chi connectivity index (χ1v) is 6.58. The van der Waals surface area contributed by atoms with Gasteiger partial charge in [0.25, 0.3) is 0 Å². The van der Waals surface area contributed by atoms with Crippen molar-refractivity contribution in [2.45, 2.75) is 26.8 Å². The van der Waals surface area contributed by atoms with Crippen LogP contribution in [0.2, 0.25) is 0 Å². The number of benzene rings is 1. The van der Waals surface area contributed by atoms with Crippen LogP contribution in [0.3, 0.4) is 0 Å². The Kier molecular flexibility index (Phi) is 3.79. The lowest BCUT2D eigenvalue weighted by Crippen LogP contribution is -1.98. The van der Waals surface area contributed by atoms with Crippen molar-refractivity contribution in [1.29, 1.82) is 0 Å². The SMILES string of the molecule is CCc1ccc(CNc2ccc(F)c(C)c2)s1. The molecular formula is C14H16FNS. The molecule has 0 aliphatic carbocycles.